The number of nitro benzene ring substituents is 2. The van der Waals surface area contributed by atoms with E-state index in [2.05, 4.69) is 9.98 Å². The largest absolute Gasteiger partial charge is 0.491 e. The van der Waals surface area contributed by atoms with Gasteiger partial charge < -0.3 is 9.47 Å². The summed E-state index contributed by atoms with van der Waals surface area (Å²) in [5.41, 5.74) is 2.88. The van der Waals surface area contributed by atoms with Crippen LogP contribution in [-0.4, -0.2) is 35.5 Å². The molecule has 10 nitrogen and oxygen atoms in total. The molecule has 0 aromatic heterocycles. The number of unbranched alkanes of at least 4 members (excludes halogenated alkanes) is 1. The highest BCUT2D eigenvalue weighted by molar-refractivity contribution is 5.83. The van der Waals surface area contributed by atoms with Gasteiger partial charge in [0.2, 0.25) is 0 Å². The Hall–Kier alpha value is -5.38. The topological polar surface area (TPSA) is 129 Å². The van der Waals surface area contributed by atoms with Crippen LogP contribution in [0.2, 0.25) is 0 Å². The lowest BCUT2D eigenvalue weighted by Gasteiger charge is -2.10. The minimum Gasteiger partial charge on any atom is -0.491 e. The number of aliphatic imine (C=N–C) groups is 2. The smallest absolute Gasteiger partial charge is 0.269 e. The number of nitro groups is 2. The van der Waals surface area contributed by atoms with Gasteiger partial charge in [0.15, 0.2) is 0 Å². The summed E-state index contributed by atoms with van der Waals surface area (Å²) >= 11 is 0. The molecule has 4 aromatic carbocycles. The van der Waals surface area contributed by atoms with Gasteiger partial charge in [0.05, 0.1) is 23.1 Å². The predicted molar refractivity (Wildman–Crippen MR) is 154 cm³/mol. The number of non-ortho nitro benzene ring substituents is 2. The Morgan fingerprint density at radius 3 is 1.32 bits per heavy atom. The predicted octanol–water partition coefficient (Wildman–Crippen LogP) is 7.24. The zero-order chi connectivity index (χ0) is 28.2. The van der Waals surface area contributed by atoms with E-state index in [4.69, 9.17) is 9.47 Å². The number of hydrogen-bond donors (Lipinski definition) is 0. The van der Waals surface area contributed by atoms with Gasteiger partial charge in [0.1, 0.15) is 22.9 Å². The fraction of sp³-hybridized carbons (Fsp3) is 0.133. The number of hydrogen-bond acceptors (Lipinski definition) is 8. The van der Waals surface area contributed by atoms with E-state index < -0.39 is 9.85 Å². The Kier molecular flexibility index (Phi) is 9.65. The molecule has 0 aliphatic heterocycles. The van der Waals surface area contributed by atoms with Crippen molar-refractivity contribution in [1.29, 1.82) is 0 Å². The Labute approximate surface area is 230 Å². The molecular weight excluding hydrogens is 512 g/mol. The van der Waals surface area contributed by atoms with Crippen LogP contribution in [0.1, 0.15) is 24.0 Å². The van der Waals surface area contributed by atoms with Crippen molar-refractivity contribution in [2.75, 3.05) is 13.2 Å². The SMILES string of the molecule is O=[N+]([O-])c1ccc(C=Nc2ccccc2OCCCCOc2ccccc2N=Cc2ccc([N+](=O)[O-])cc2)cc1. The summed E-state index contributed by atoms with van der Waals surface area (Å²) in [7, 11) is 0. The highest BCUT2D eigenvalue weighted by atomic mass is 16.6. The highest BCUT2D eigenvalue weighted by Gasteiger charge is 2.06. The van der Waals surface area contributed by atoms with Gasteiger partial charge in [-0.05, 0) is 72.5 Å². The second-order valence-corrected chi connectivity index (χ2v) is 8.55. The van der Waals surface area contributed by atoms with Gasteiger partial charge in [0, 0.05) is 36.7 Å². The van der Waals surface area contributed by atoms with Crippen LogP contribution in [0, 0.1) is 20.2 Å². The highest BCUT2D eigenvalue weighted by Crippen LogP contribution is 2.28. The number of rotatable bonds is 13. The first-order valence-electron chi connectivity index (χ1n) is 12.5. The number of benzene rings is 4. The molecule has 0 aliphatic rings. The molecule has 10 heteroatoms. The van der Waals surface area contributed by atoms with Gasteiger partial charge in [-0.3, -0.25) is 30.2 Å². The van der Waals surface area contributed by atoms with Gasteiger partial charge in [-0.2, -0.15) is 0 Å². The lowest BCUT2D eigenvalue weighted by molar-refractivity contribution is -0.385. The van der Waals surface area contributed by atoms with Gasteiger partial charge in [-0.25, -0.2) is 0 Å². The third-order valence-corrected chi connectivity index (χ3v) is 5.70. The van der Waals surface area contributed by atoms with Gasteiger partial charge in [-0.15, -0.1) is 0 Å². The minimum atomic E-state index is -0.438. The molecule has 4 aromatic rings. The Morgan fingerprint density at radius 2 is 0.950 bits per heavy atom. The molecule has 0 unspecified atom stereocenters. The maximum atomic E-state index is 10.8. The van der Waals surface area contributed by atoms with E-state index in [9.17, 15) is 20.2 Å². The molecule has 0 saturated carbocycles. The molecule has 0 N–H and O–H groups in total. The summed E-state index contributed by atoms with van der Waals surface area (Å²) in [4.78, 5) is 29.7. The van der Waals surface area contributed by atoms with E-state index in [1.165, 1.54) is 24.3 Å². The molecule has 40 heavy (non-hydrogen) atoms. The second kappa shape index (κ2) is 14.0. The maximum Gasteiger partial charge on any atom is 0.269 e. The minimum absolute atomic E-state index is 0.0309. The molecule has 0 spiro atoms. The molecule has 202 valence electrons. The molecule has 0 aliphatic carbocycles. The van der Waals surface area contributed by atoms with Crippen molar-refractivity contribution in [3.8, 4) is 11.5 Å². The van der Waals surface area contributed by atoms with Crippen LogP contribution >= 0.6 is 0 Å². The summed E-state index contributed by atoms with van der Waals surface area (Å²) < 4.78 is 11.9. The zero-order valence-electron chi connectivity index (χ0n) is 21.5. The fourth-order valence-corrected chi connectivity index (χ4v) is 3.59. The number of para-hydroxylation sites is 4. The van der Waals surface area contributed by atoms with Crippen LogP contribution in [0.3, 0.4) is 0 Å². The van der Waals surface area contributed by atoms with E-state index in [1.54, 1.807) is 36.7 Å². The maximum absolute atomic E-state index is 10.8. The molecule has 0 radical (unpaired) electrons. The van der Waals surface area contributed by atoms with E-state index in [-0.39, 0.29) is 11.4 Å². The summed E-state index contributed by atoms with van der Waals surface area (Å²) in [6, 6.07) is 27.2. The van der Waals surface area contributed by atoms with Crippen LogP contribution in [0.15, 0.2) is 107 Å². The Bertz CT molecular complexity index is 1390. The molecule has 0 atom stereocenters. The molecule has 0 fully saturated rings. The summed E-state index contributed by atoms with van der Waals surface area (Å²) in [5.74, 6) is 1.29. The Balaban J connectivity index is 1.25. The van der Waals surface area contributed by atoms with Crippen molar-refractivity contribution in [2.24, 2.45) is 9.98 Å². The standard InChI is InChI=1S/C30H26N4O6/c35-33(36)25-15-11-23(12-16-25)21-31-27-7-1-3-9-29(27)39-19-5-6-20-40-30-10-4-2-8-28(30)32-22-24-13-17-26(18-14-24)34(37)38/h1-4,7-18,21-22H,5-6,19-20H2. The van der Waals surface area contributed by atoms with Gasteiger partial charge in [0.25, 0.3) is 11.4 Å². The van der Waals surface area contributed by atoms with Gasteiger partial charge in [-0.1, -0.05) is 24.3 Å². The molecule has 0 amide bonds. The molecule has 0 bridgehead atoms. The van der Waals surface area contributed by atoms with Crippen molar-refractivity contribution in [1.82, 2.24) is 0 Å². The van der Waals surface area contributed by atoms with Gasteiger partial charge >= 0.3 is 0 Å². The number of ether oxygens (including phenoxy) is 2. The van der Waals surface area contributed by atoms with Crippen LogP contribution < -0.4 is 9.47 Å². The van der Waals surface area contributed by atoms with E-state index in [1.807, 2.05) is 48.5 Å². The van der Waals surface area contributed by atoms with E-state index in [0.29, 0.717) is 36.1 Å². The molecular formula is C30H26N4O6. The quantitative estimate of drug-likeness (QED) is 0.0763. The lowest BCUT2D eigenvalue weighted by atomic mass is 10.2. The van der Waals surface area contributed by atoms with E-state index >= 15 is 0 Å². The summed E-state index contributed by atoms with van der Waals surface area (Å²) in [5, 5.41) is 21.6. The van der Waals surface area contributed by atoms with Crippen molar-refractivity contribution in [3.63, 3.8) is 0 Å². The summed E-state index contributed by atoms with van der Waals surface area (Å²) in [6.07, 6.45) is 4.80. The third-order valence-electron chi connectivity index (χ3n) is 5.70. The average Bonchev–Trinajstić information content (AvgIpc) is 2.98. The molecule has 4 rings (SSSR count). The number of nitrogens with zero attached hydrogens (tertiary/aromatic N) is 4. The molecule has 0 heterocycles. The molecule has 0 saturated heterocycles. The van der Waals surface area contributed by atoms with Crippen LogP contribution in [-0.2, 0) is 0 Å². The first kappa shape index (κ1) is 27.6. The monoisotopic (exact) mass is 538 g/mol. The average molecular weight is 539 g/mol. The second-order valence-electron chi connectivity index (χ2n) is 8.55. The van der Waals surface area contributed by atoms with Crippen LogP contribution in [0.25, 0.3) is 0 Å². The third kappa shape index (κ3) is 8.06. The van der Waals surface area contributed by atoms with Crippen LogP contribution in [0.4, 0.5) is 22.7 Å². The summed E-state index contributed by atoms with van der Waals surface area (Å²) in [6.45, 7) is 0.959. The van der Waals surface area contributed by atoms with Crippen molar-refractivity contribution >= 4 is 35.2 Å². The fourth-order valence-electron chi connectivity index (χ4n) is 3.59. The lowest BCUT2D eigenvalue weighted by Crippen LogP contribution is -2.03. The first-order valence-corrected chi connectivity index (χ1v) is 12.5. The normalized spacial score (nSPS) is 11.1. The first-order chi connectivity index (χ1) is 19.5. The van der Waals surface area contributed by atoms with Crippen LogP contribution in [0.5, 0.6) is 11.5 Å². The Morgan fingerprint density at radius 1 is 0.575 bits per heavy atom. The van der Waals surface area contributed by atoms with E-state index in [0.717, 1.165) is 24.0 Å². The zero-order valence-corrected chi connectivity index (χ0v) is 21.5. The van der Waals surface area contributed by atoms with Crippen molar-refractivity contribution in [3.05, 3.63) is 128 Å². The van der Waals surface area contributed by atoms with Crippen molar-refractivity contribution in [2.45, 2.75) is 12.8 Å². The van der Waals surface area contributed by atoms with Crippen molar-refractivity contribution < 1.29 is 19.3 Å².